The van der Waals surface area contributed by atoms with E-state index in [1.165, 1.54) is 21.8 Å². The molecule has 0 saturated carbocycles. The van der Waals surface area contributed by atoms with E-state index in [0.29, 0.717) is 17.5 Å². The van der Waals surface area contributed by atoms with Gasteiger partial charge in [-0.2, -0.15) is 0 Å². The zero-order valence-electron chi connectivity index (χ0n) is 23.3. The first-order valence-corrected chi connectivity index (χ1v) is 14.4. The fraction of sp³-hybridized carbons (Fsp3) is 0. The highest BCUT2D eigenvalue weighted by molar-refractivity contribution is 6.09. The Morgan fingerprint density at radius 2 is 0.767 bits per heavy atom. The highest BCUT2D eigenvalue weighted by Gasteiger charge is 2.18. The number of fused-ring (bicyclic) bond motifs is 3. The zero-order chi connectivity index (χ0) is 28.6. The molecule has 0 atom stereocenters. The fourth-order valence-corrected chi connectivity index (χ4v) is 5.84. The van der Waals surface area contributed by atoms with E-state index in [4.69, 9.17) is 15.0 Å². The molecule has 0 radical (unpaired) electrons. The summed E-state index contributed by atoms with van der Waals surface area (Å²) in [5.41, 5.74) is 8.52. The van der Waals surface area contributed by atoms with Crippen molar-refractivity contribution in [3.63, 3.8) is 0 Å². The molecule has 43 heavy (non-hydrogen) atoms. The molecule has 2 aromatic heterocycles. The van der Waals surface area contributed by atoms with Gasteiger partial charge in [-0.3, -0.25) is 0 Å². The summed E-state index contributed by atoms with van der Waals surface area (Å²) < 4.78 is 2.37. The van der Waals surface area contributed by atoms with Crippen LogP contribution in [0.25, 0.3) is 72.8 Å². The molecular weight excluding hydrogens is 524 g/mol. The Balaban J connectivity index is 1.38. The molecule has 0 bridgehead atoms. The molecule has 0 aliphatic heterocycles. The standard InChI is InChI=1S/C39H26N4/c1-4-14-27(15-5-1)33-26-30(24-25-36(33)43-34-22-12-10-20-31(34)32-21-11-13-23-35(32)43)39-41-37(28-16-6-2-7-17-28)40-38(42-39)29-18-8-3-9-19-29/h1-26H. The molecule has 8 rings (SSSR count). The molecule has 4 heteroatoms. The number of hydrogen-bond acceptors (Lipinski definition) is 3. The van der Waals surface area contributed by atoms with Gasteiger partial charge in [0.15, 0.2) is 17.5 Å². The van der Waals surface area contributed by atoms with Crippen molar-refractivity contribution in [2.45, 2.75) is 0 Å². The first-order chi connectivity index (χ1) is 21.3. The van der Waals surface area contributed by atoms with Crippen molar-refractivity contribution in [2.75, 3.05) is 0 Å². The largest absolute Gasteiger partial charge is 0.309 e. The van der Waals surface area contributed by atoms with E-state index in [2.05, 4.69) is 102 Å². The van der Waals surface area contributed by atoms with Crippen molar-refractivity contribution in [3.8, 4) is 51.0 Å². The van der Waals surface area contributed by atoms with E-state index in [1.807, 2.05) is 60.7 Å². The number of aromatic nitrogens is 4. The van der Waals surface area contributed by atoms with Gasteiger partial charge in [0.05, 0.1) is 16.7 Å². The number of para-hydroxylation sites is 2. The van der Waals surface area contributed by atoms with Gasteiger partial charge in [-0.1, -0.05) is 127 Å². The lowest BCUT2D eigenvalue weighted by atomic mass is 10.00. The molecule has 0 unspecified atom stereocenters. The van der Waals surface area contributed by atoms with Crippen molar-refractivity contribution in [2.24, 2.45) is 0 Å². The average Bonchev–Trinajstić information content (AvgIpc) is 3.43. The molecule has 0 N–H and O–H groups in total. The van der Waals surface area contributed by atoms with Crippen LogP contribution in [0.5, 0.6) is 0 Å². The predicted octanol–water partition coefficient (Wildman–Crippen LogP) is 9.64. The van der Waals surface area contributed by atoms with Crippen LogP contribution >= 0.6 is 0 Å². The van der Waals surface area contributed by atoms with Crippen LogP contribution in [0.15, 0.2) is 158 Å². The van der Waals surface area contributed by atoms with E-state index < -0.39 is 0 Å². The van der Waals surface area contributed by atoms with Gasteiger partial charge in [0.25, 0.3) is 0 Å². The highest BCUT2D eigenvalue weighted by atomic mass is 15.0. The van der Waals surface area contributed by atoms with Gasteiger partial charge in [0, 0.05) is 33.0 Å². The molecule has 0 aliphatic rings. The Bertz CT molecular complexity index is 2110. The summed E-state index contributed by atoms with van der Waals surface area (Å²) in [4.78, 5) is 14.9. The Morgan fingerprint density at radius 1 is 0.349 bits per heavy atom. The van der Waals surface area contributed by atoms with Crippen LogP contribution in [0.3, 0.4) is 0 Å². The van der Waals surface area contributed by atoms with Crippen molar-refractivity contribution >= 4 is 21.8 Å². The summed E-state index contributed by atoms with van der Waals surface area (Å²) in [6.45, 7) is 0. The van der Waals surface area contributed by atoms with Gasteiger partial charge in [0.2, 0.25) is 0 Å². The predicted molar refractivity (Wildman–Crippen MR) is 176 cm³/mol. The van der Waals surface area contributed by atoms with Gasteiger partial charge in [-0.05, 0) is 35.9 Å². The normalized spacial score (nSPS) is 11.3. The third-order valence-electron chi connectivity index (χ3n) is 7.86. The van der Waals surface area contributed by atoms with Gasteiger partial charge in [0.1, 0.15) is 0 Å². The van der Waals surface area contributed by atoms with Crippen LogP contribution in [0.2, 0.25) is 0 Å². The van der Waals surface area contributed by atoms with Gasteiger partial charge >= 0.3 is 0 Å². The summed E-state index contributed by atoms with van der Waals surface area (Å²) in [5.74, 6) is 1.94. The number of rotatable bonds is 5. The molecule has 202 valence electrons. The molecule has 2 heterocycles. The van der Waals surface area contributed by atoms with E-state index in [9.17, 15) is 0 Å². The Morgan fingerprint density at radius 3 is 1.28 bits per heavy atom. The second-order valence-electron chi connectivity index (χ2n) is 10.5. The molecule has 4 nitrogen and oxygen atoms in total. The van der Waals surface area contributed by atoms with Crippen molar-refractivity contribution in [1.29, 1.82) is 0 Å². The molecule has 0 spiro atoms. The van der Waals surface area contributed by atoms with E-state index in [1.54, 1.807) is 0 Å². The summed E-state index contributed by atoms with van der Waals surface area (Å²) >= 11 is 0. The molecule has 0 amide bonds. The van der Waals surface area contributed by atoms with E-state index in [0.717, 1.165) is 33.5 Å². The smallest absolute Gasteiger partial charge is 0.164 e. The lowest BCUT2D eigenvalue weighted by Crippen LogP contribution is -2.02. The van der Waals surface area contributed by atoms with Crippen LogP contribution in [-0.2, 0) is 0 Å². The van der Waals surface area contributed by atoms with Crippen LogP contribution in [0.4, 0.5) is 0 Å². The molecule has 0 saturated heterocycles. The maximum absolute atomic E-state index is 5.00. The Kier molecular flexibility index (Phi) is 6.08. The Hall–Kier alpha value is -5.87. The summed E-state index contributed by atoms with van der Waals surface area (Å²) in [7, 11) is 0. The molecule has 0 fully saturated rings. The van der Waals surface area contributed by atoms with Crippen molar-refractivity contribution < 1.29 is 0 Å². The number of benzene rings is 6. The first kappa shape index (κ1) is 24.9. The van der Waals surface area contributed by atoms with Crippen LogP contribution in [0.1, 0.15) is 0 Å². The van der Waals surface area contributed by atoms with E-state index >= 15 is 0 Å². The van der Waals surface area contributed by atoms with Crippen molar-refractivity contribution in [1.82, 2.24) is 19.5 Å². The van der Waals surface area contributed by atoms with Crippen LogP contribution in [0, 0.1) is 0 Å². The lowest BCUT2D eigenvalue weighted by molar-refractivity contribution is 1.07. The van der Waals surface area contributed by atoms with Gasteiger partial charge < -0.3 is 4.57 Å². The highest BCUT2D eigenvalue weighted by Crippen LogP contribution is 2.38. The topological polar surface area (TPSA) is 43.6 Å². The molecule has 8 aromatic rings. The van der Waals surface area contributed by atoms with Gasteiger partial charge in [-0.15, -0.1) is 0 Å². The summed E-state index contributed by atoms with van der Waals surface area (Å²) in [6.07, 6.45) is 0. The second kappa shape index (κ2) is 10.5. The average molecular weight is 551 g/mol. The molecule has 0 aliphatic carbocycles. The fourth-order valence-electron chi connectivity index (χ4n) is 5.84. The minimum Gasteiger partial charge on any atom is -0.309 e. The molecular formula is C39H26N4. The molecule has 6 aromatic carbocycles. The summed E-state index contributed by atoms with van der Waals surface area (Å²) in [5, 5.41) is 2.47. The monoisotopic (exact) mass is 550 g/mol. The maximum Gasteiger partial charge on any atom is 0.164 e. The third kappa shape index (κ3) is 4.46. The van der Waals surface area contributed by atoms with Crippen LogP contribution in [-0.4, -0.2) is 19.5 Å². The Labute approximate surface area is 249 Å². The third-order valence-corrected chi connectivity index (χ3v) is 7.86. The van der Waals surface area contributed by atoms with Crippen molar-refractivity contribution in [3.05, 3.63) is 158 Å². The quantitative estimate of drug-likeness (QED) is 0.214. The maximum atomic E-state index is 5.00. The lowest BCUT2D eigenvalue weighted by Gasteiger charge is -2.16. The minimum atomic E-state index is 0.638. The minimum absolute atomic E-state index is 0.638. The summed E-state index contributed by atoms with van der Waals surface area (Å²) in [6, 6.07) is 54.5. The first-order valence-electron chi connectivity index (χ1n) is 14.4. The zero-order valence-corrected chi connectivity index (χ0v) is 23.3. The second-order valence-corrected chi connectivity index (χ2v) is 10.5. The number of hydrogen-bond donors (Lipinski definition) is 0. The SMILES string of the molecule is c1ccc(-c2nc(-c3ccccc3)nc(-c3ccc(-n4c5ccccc5c5ccccc54)c(-c4ccccc4)c3)n2)cc1. The van der Waals surface area contributed by atoms with Crippen LogP contribution < -0.4 is 0 Å². The number of nitrogens with zero attached hydrogens (tertiary/aromatic N) is 4. The van der Waals surface area contributed by atoms with Gasteiger partial charge in [-0.25, -0.2) is 15.0 Å². The van der Waals surface area contributed by atoms with E-state index in [-0.39, 0.29) is 0 Å².